The molecule has 0 rings (SSSR count). The SMILES string of the molecule is CCC(C)CCCCCCCCCCCCC(=O)OC[C@@H](COC(=O)CCCCCCCCCCC(C)CC)OC(=O)CCCCCCCCC(C)CC. The van der Waals surface area contributed by atoms with Crippen LogP contribution in [0.25, 0.3) is 0 Å². The molecule has 6 nitrogen and oxygen atoms in total. The van der Waals surface area contributed by atoms with Crippen LogP contribution in [0.2, 0.25) is 0 Å². The third kappa shape index (κ3) is 37.3. The fourth-order valence-corrected chi connectivity index (χ4v) is 6.96. The van der Waals surface area contributed by atoms with E-state index in [1.54, 1.807) is 0 Å². The number of hydrogen-bond acceptors (Lipinski definition) is 6. The van der Waals surface area contributed by atoms with Gasteiger partial charge in [0.05, 0.1) is 0 Å². The van der Waals surface area contributed by atoms with Crippen molar-refractivity contribution in [2.75, 3.05) is 13.2 Å². The first kappa shape index (κ1) is 52.4. The highest BCUT2D eigenvalue weighted by atomic mass is 16.6. The standard InChI is InChI=1S/C48H92O6/c1-7-42(4)34-28-22-16-12-10-11-13-18-25-31-37-46(49)52-40-45(54-48(51)39-33-27-21-20-24-30-36-44(6)9-3)41-53-47(50)38-32-26-19-15-14-17-23-29-35-43(5)8-2/h42-45H,7-41H2,1-6H3/t42?,43?,44?,45-/m0/s1. The van der Waals surface area contributed by atoms with Gasteiger partial charge in [-0.15, -0.1) is 0 Å². The second-order valence-electron chi connectivity index (χ2n) is 17.1. The summed E-state index contributed by atoms with van der Waals surface area (Å²) in [5.74, 6) is 1.66. The molecule has 0 saturated carbocycles. The van der Waals surface area contributed by atoms with Crippen molar-refractivity contribution in [3.05, 3.63) is 0 Å². The Morgan fingerprint density at radius 2 is 0.593 bits per heavy atom. The van der Waals surface area contributed by atoms with Crippen molar-refractivity contribution in [1.29, 1.82) is 0 Å². The Morgan fingerprint density at radius 3 is 0.870 bits per heavy atom. The zero-order valence-electron chi connectivity index (χ0n) is 37.0. The summed E-state index contributed by atoms with van der Waals surface area (Å²) in [6, 6.07) is 0. The minimum absolute atomic E-state index is 0.0667. The van der Waals surface area contributed by atoms with Crippen molar-refractivity contribution < 1.29 is 28.6 Å². The Balaban J connectivity index is 4.35. The van der Waals surface area contributed by atoms with Gasteiger partial charge in [-0.25, -0.2) is 0 Å². The fourth-order valence-electron chi connectivity index (χ4n) is 6.96. The van der Waals surface area contributed by atoms with E-state index in [2.05, 4.69) is 41.5 Å². The monoisotopic (exact) mass is 765 g/mol. The number of unbranched alkanes of at least 4 members (excludes halogenated alkanes) is 21. The van der Waals surface area contributed by atoms with Crippen LogP contribution in [-0.2, 0) is 28.6 Å². The van der Waals surface area contributed by atoms with Gasteiger partial charge < -0.3 is 14.2 Å². The maximum absolute atomic E-state index is 12.7. The van der Waals surface area contributed by atoms with E-state index in [-0.39, 0.29) is 31.1 Å². The van der Waals surface area contributed by atoms with Crippen LogP contribution in [-0.4, -0.2) is 37.2 Å². The molecule has 0 amide bonds. The number of carbonyl (C=O) groups is 3. The number of rotatable bonds is 41. The Kier molecular flexibility index (Phi) is 38.5. The van der Waals surface area contributed by atoms with Gasteiger partial charge >= 0.3 is 17.9 Å². The van der Waals surface area contributed by atoms with E-state index in [0.29, 0.717) is 19.3 Å². The topological polar surface area (TPSA) is 78.9 Å². The van der Waals surface area contributed by atoms with Gasteiger partial charge in [0, 0.05) is 19.3 Å². The molecule has 54 heavy (non-hydrogen) atoms. The molecule has 0 aliphatic heterocycles. The predicted molar refractivity (Wildman–Crippen MR) is 229 cm³/mol. The molecule has 0 bridgehead atoms. The molecule has 0 saturated heterocycles. The first-order chi connectivity index (χ1) is 26.2. The summed E-state index contributed by atoms with van der Waals surface area (Å²) in [5, 5.41) is 0. The minimum atomic E-state index is -0.763. The smallest absolute Gasteiger partial charge is 0.306 e. The summed E-state index contributed by atoms with van der Waals surface area (Å²) in [4.78, 5) is 37.8. The number of ether oxygens (including phenoxy) is 3. The zero-order chi connectivity index (χ0) is 39.9. The van der Waals surface area contributed by atoms with Crippen molar-refractivity contribution in [2.24, 2.45) is 17.8 Å². The lowest BCUT2D eigenvalue weighted by Gasteiger charge is -2.18. The van der Waals surface area contributed by atoms with Crippen molar-refractivity contribution in [1.82, 2.24) is 0 Å². The molecule has 0 aliphatic rings. The Hall–Kier alpha value is -1.59. The quantitative estimate of drug-likeness (QED) is 0.0350. The summed E-state index contributed by atoms with van der Waals surface area (Å²) >= 11 is 0. The van der Waals surface area contributed by atoms with Crippen molar-refractivity contribution >= 4 is 17.9 Å². The average molecular weight is 765 g/mol. The lowest BCUT2D eigenvalue weighted by molar-refractivity contribution is -0.167. The third-order valence-corrected chi connectivity index (χ3v) is 11.7. The molecule has 0 aromatic carbocycles. The maximum Gasteiger partial charge on any atom is 0.306 e. The van der Waals surface area contributed by atoms with E-state index < -0.39 is 6.10 Å². The normalized spacial score (nSPS) is 13.7. The van der Waals surface area contributed by atoms with Gasteiger partial charge in [0.15, 0.2) is 6.10 Å². The van der Waals surface area contributed by atoms with Crippen LogP contribution in [0.1, 0.15) is 253 Å². The van der Waals surface area contributed by atoms with E-state index >= 15 is 0 Å². The van der Waals surface area contributed by atoms with E-state index in [1.807, 2.05) is 0 Å². The lowest BCUT2D eigenvalue weighted by atomic mass is 9.99. The molecule has 4 atom stereocenters. The molecule has 0 N–H and O–H groups in total. The third-order valence-electron chi connectivity index (χ3n) is 11.7. The molecular formula is C48H92O6. The van der Waals surface area contributed by atoms with Crippen molar-refractivity contribution in [3.8, 4) is 0 Å². The predicted octanol–water partition coefficient (Wildman–Crippen LogP) is 14.8. The van der Waals surface area contributed by atoms with E-state index in [1.165, 1.54) is 135 Å². The summed E-state index contributed by atoms with van der Waals surface area (Å²) in [6.45, 7) is 13.7. The van der Waals surface area contributed by atoms with E-state index in [4.69, 9.17) is 14.2 Å². The number of hydrogen-bond donors (Lipinski definition) is 0. The summed E-state index contributed by atoms with van der Waals surface area (Å²) in [7, 11) is 0. The molecule has 0 heterocycles. The van der Waals surface area contributed by atoms with Crippen molar-refractivity contribution in [2.45, 2.75) is 260 Å². The van der Waals surface area contributed by atoms with Gasteiger partial charge in [-0.2, -0.15) is 0 Å². The van der Waals surface area contributed by atoms with Crippen LogP contribution in [0.3, 0.4) is 0 Å². The Labute approximate surface area is 336 Å². The summed E-state index contributed by atoms with van der Waals surface area (Å²) in [5.41, 5.74) is 0. The molecule has 0 fully saturated rings. The van der Waals surface area contributed by atoms with Gasteiger partial charge in [0.1, 0.15) is 13.2 Å². The average Bonchev–Trinajstić information content (AvgIpc) is 3.17. The van der Waals surface area contributed by atoms with Crippen LogP contribution in [0.5, 0.6) is 0 Å². The van der Waals surface area contributed by atoms with Crippen LogP contribution >= 0.6 is 0 Å². The summed E-state index contributed by atoms with van der Waals surface area (Å²) in [6.07, 6.45) is 36.5. The Bertz CT molecular complexity index is 843. The largest absolute Gasteiger partial charge is 0.462 e. The number of esters is 3. The molecule has 0 radical (unpaired) electrons. The van der Waals surface area contributed by atoms with E-state index in [0.717, 1.165) is 75.5 Å². The van der Waals surface area contributed by atoms with Gasteiger partial charge in [-0.1, -0.05) is 215 Å². The van der Waals surface area contributed by atoms with Crippen LogP contribution in [0, 0.1) is 17.8 Å². The first-order valence-electron chi connectivity index (χ1n) is 23.7. The van der Waals surface area contributed by atoms with Gasteiger partial charge in [-0.3, -0.25) is 14.4 Å². The van der Waals surface area contributed by atoms with Gasteiger partial charge in [0.25, 0.3) is 0 Å². The maximum atomic E-state index is 12.7. The highest BCUT2D eigenvalue weighted by Gasteiger charge is 2.19. The molecule has 0 spiro atoms. The second kappa shape index (κ2) is 39.6. The zero-order valence-corrected chi connectivity index (χ0v) is 37.0. The van der Waals surface area contributed by atoms with Crippen LogP contribution in [0.4, 0.5) is 0 Å². The van der Waals surface area contributed by atoms with Crippen molar-refractivity contribution in [3.63, 3.8) is 0 Å². The minimum Gasteiger partial charge on any atom is -0.462 e. The fraction of sp³-hybridized carbons (Fsp3) is 0.938. The first-order valence-corrected chi connectivity index (χ1v) is 23.7. The van der Waals surface area contributed by atoms with E-state index in [9.17, 15) is 14.4 Å². The molecule has 0 aromatic heterocycles. The Morgan fingerprint density at radius 1 is 0.352 bits per heavy atom. The van der Waals surface area contributed by atoms with Gasteiger partial charge in [0.2, 0.25) is 0 Å². The highest BCUT2D eigenvalue weighted by Crippen LogP contribution is 2.18. The summed E-state index contributed by atoms with van der Waals surface area (Å²) < 4.78 is 16.7. The molecule has 320 valence electrons. The molecule has 0 aliphatic carbocycles. The lowest BCUT2D eigenvalue weighted by Crippen LogP contribution is -2.30. The van der Waals surface area contributed by atoms with Crippen LogP contribution < -0.4 is 0 Å². The number of carbonyl (C=O) groups excluding carboxylic acids is 3. The molecule has 0 aromatic rings. The molecule has 3 unspecified atom stereocenters. The molecular weight excluding hydrogens is 673 g/mol. The second-order valence-corrected chi connectivity index (χ2v) is 17.1. The molecule has 6 heteroatoms. The van der Waals surface area contributed by atoms with Crippen LogP contribution in [0.15, 0.2) is 0 Å². The van der Waals surface area contributed by atoms with Gasteiger partial charge in [-0.05, 0) is 37.0 Å². The highest BCUT2D eigenvalue weighted by molar-refractivity contribution is 5.71.